The Kier molecular flexibility index (Phi) is 6.04. The Morgan fingerprint density at radius 3 is 2.81 bits per heavy atom. The summed E-state index contributed by atoms with van der Waals surface area (Å²) in [7, 11) is 0. The smallest absolute Gasteiger partial charge is 0.231 e. The molecule has 166 valence electrons. The van der Waals surface area contributed by atoms with Crippen LogP contribution >= 0.6 is 0 Å². The Morgan fingerprint density at radius 1 is 1.10 bits per heavy atom. The first-order chi connectivity index (χ1) is 15.2. The quantitative estimate of drug-likeness (QED) is 0.687. The number of nitrogens with zero attached hydrogens (tertiary/aromatic N) is 6. The number of piperidine rings is 1. The van der Waals surface area contributed by atoms with Crippen LogP contribution in [0.15, 0.2) is 30.9 Å². The molecule has 9 nitrogen and oxygen atoms in total. The maximum atomic E-state index is 12.7. The van der Waals surface area contributed by atoms with Gasteiger partial charge in [0.15, 0.2) is 11.5 Å². The van der Waals surface area contributed by atoms with Gasteiger partial charge >= 0.3 is 0 Å². The van der Waals surface area contributed by atoms with Gasteiger partial charge in [-0.1, -0.05) is 6.07 Å². The summed E-state index contributed by atoms with van der Waals surface area (Å²) in [6, 6.07) is 6.70. The maximum absolute atomic E-state index is 12.7. The second-order valence-electron chi connectivity index (χ2n) is 8.54. The highest BCUT2D eigenvalue weighted by molar-refractivity contribution is 5.76. The van der Waals surface area contributed by atoms with Crippen LogP contribution in [0.25, 0.3) is 0 Å². The number of hydrogen-bond acceptors (Lipinski definition) is 7. The first kappa shape index (κ1) is 20.3. The van der Waals surface area contributed by atoms with E-state index in [-0.39, 0.29) is 5.91 Å². The lowest BCUT2D eigenvalue weighted by atomic mass is 10.0. The van der Waals surface area contributed by atoms with Gasteiger partial charge in [-0.3, -0.25) is 19.3 Å². The van der Waals surface area contributed by atoms with Crippen LogP contribution in [0, 0.1) is 0 Å². The molecule has 5 rings (SSSR count). The largest absolute Gasteiger partial charge is 0.454 e. The normalized spacial score (nSPS) is 22.1. The predicted octanol–water partition coefficient (Wildman–Crippen LogP) is 1.21. The standard InChI is InChI=1S/C22H30N6O3/c29-22(5-7-28-16-23-15-24-28)27-6-1-2-19(14-27)26-10-8-25(9-11-26)13-18-3-4-20-21(12-18)31-17-30-20/h3-4,12,15-16,19H,1-2,5-11,13-14,17H2/t19-/m0/s1. The molecule has 2 aromatic rings. The number of likely N-dealkylation sites (tertiary alicyclic amines) is 1. The molecule has 2 fully saturated rings. The monoisotopic (exact) mass is 426 g/mol. The number of aryl methyl sites for hydroxylation is 1. The van der Waals surface area contributed by atoms with Crippen molar-refractivity contribution in [2.75, 3.05) is 46.1 Å². The molecule has 4 heterocycles. The number of benzene rings is 1. The maximum Gasteiger partial charge on any atom is 0.231 e. The number of carbonyl (C=O) groups is 1. The van der Waals surface area contributed by atoms with Gasteiger partial charge in [0.05, 0.1) is 6.54 Å². The minimum Gasteiger partial charge on any atom is -0.454 e. The highest BCUT2D eigenvalue weighted by atomic mass is 16.7. The summed E-state index contributed by atoms with van der Waals surface area (Å²) in [6.45, 7) is 7.76. The lowest BCUT2D eigenvalue weighted by Gasteiger charge is -2.43. The van der Waals surface area contributed by atoms with E-state index in [2.05, 4.69) is 32.0 Å². The molecule has 0 aliphatic carbocycles. The third kappa shape index (κ3) is 4.83. The number of ether oxygens (including phenoxy) is 2. The second-order valence-corrected chi connectivity index (χ2v) is 8.54. The van der Waals surface area contributed by atoms with E-state index in [1.165, 1.54) is 18.3 Å². The van der Waals surface area contributed by atoms with Crippen LogP contribution in [0.1, 0.15) is 24.8 Å². The molecule has 1 aromatic heterocycles. The van der Waals surface area contributed by atoms with Crippen molar-refractivity contribution in [3.8, 4) is 11.5 Å². The first-order valence-electron chi connectivity index (χ1n) is 11.2. The molecule has 2 saturated heterocycles. The zero-order valence-electron chi connectivity index (χ0n) is 17.9. The van der Waals surface area contributed by atoms with Gasteiger partial charge in [-0.2, -0.15) is 5.10 Å². The van der Waals surface area contributed by atoms with Gasteiger partial charge in [-0.15, -0.1) is 0 Å². The number of carbonyl (C=O) groups excluding carboxylic acids is 1. The Morgan fingerprint density at radius 2 is 1.97 bits per heavy atom. The van der Waals surface area contributed by atoms with Crippen LogP contribution in [-0.2, 0) is 17.9 Å². The van der Waals surface area contributed by atoms with Crippen molar-refractivity contribution in [3.63, 3.8) is 0 Å². The number of piperazine rings is 1. The second kappa shape index (κ2) is 9.23. The Balaban J connectivity index is 1.09. The van der Waals surface area contributed by atoms with Crippen molar-refractivity contribution < 1.29 is 14.3 Å². The van der Waals surface area contributed by atoms with Crippen molar-refractivity contribution in [1.82, 2.24) is 29.5 Å². The van der Waals surface area contributed by atoms with Crippen LogP contribution in [-0.4, -0.2) is 87.5 Å². The number of rotatable bonds is 6. The molecule has 9 heteroatoms. The molecule has 0 bridgehead atoms. The average molecular weight is 427 g/mol. The molecule has 0 saturated carbocycles. The molecule has 0 radical (unpaired) electrons. The zero-order chi connectivity index (χ0) is 21.0. The molecule has 0 N–H and O–H groups in total. The first-order valence-corrected chi connectivity index (χ1v) is 11.2. The number of hydrogen-bond donors (Lipinski definition) is 0. The van der Waals surface area contributed by atoms with Crippen molar-refractivity contribution >= 4 is 5.91 Å². The molecule has 0 unspecified atom stereocenters. The van der Waals surface area contributed by atoms with Crippen LogP contribution in [0.3, 0.4) is 0 Å². The highest BCUT2D eigenvalue weighted by Crippen LogP contribution is 2.33. The molecule has 31 heavy (non-hydrogen) atoms. The van der Waals surface area contributed by atoms with E-state index in [9.17, 15) is 4.79 Å². The van der Waals surface area contributed by atoms with Crippen LogP contribution in [0.5, 0.6) is 11.5 Å². The third-order valence-corrected chi connectivity index (χ3v) is 6.54. The highest BCUT2D eigenvalue weighted by Gasteiger charge is 2.30. The van der Waals surface area contributed by atoms with E-state index in [1.54, 1.807) is 11.0 Å². The molecular formula is C22H30N6O3. The van der Waals surface area contributed by atoms with Gasteiger partial charge in [0.25, 0.3) is 0 Å². The molecule has 1 amide bonds. The summed E-state index contributed by atoms with van der Waals surface area (Å²) in [5.41, 5.74) is 1.26. The summed E-state index contributed by atoms with van der Waals surface area (Å²) in [5, 5.41) is 4.08. The molecule has 1 atom stereocenters. The Hall–Kier alpha value is -2.65. The lowest BCUT2D eigenvalue weighted by molar-refractivity contribution is -0.133. The molecule has 1 aromatic carbocycles. The summed E-state index contributed by atoms with van der Waals surface area (Å²) in [6.07, 6.45) is 5.91. The van der Waals surface area contributed by atoms with Gasteiger partial charge < -0.3 is 14.4 Å². The number of amides is 1. The van der Waals surface area contributed by atoms with Crippen molar-refractivity contribution in [3.05, 3.63) is 36.4 Å². The Bertz CT molecular complexity index is 881. The van der Waals surface area contributed by atoms with E-state index in [1.807, 2.05) is 11.0 Å². The number of aromatic nitrogens is 3. The molecule has 0 spiro atoms. The Labute approximate surface area is 182 Å². The predicted molar refractivity (Wildman–Crippen MR) is 114 cm³/mol. The van der Waals surface area contributed by atoms with Crippen molar-refractivity contribution in [2.24, 2.45) is 0 Å². The van der Waals surface area contributed by atoms with E-state index < -0.39 is 0 Å². The van der Waals surface area contributed by atoms with Crippen molar-refractivity contribution in [1.29, 1.82) is 0 Å². The topological polar surface area (TPSA) is 76.0 Å². The van der Waals surface area contributed by atoms with E-state index in [0.29, 0.717) is 25.8 Å². The lowest BCUT2D eigenvalue weighted by Crippen LogP contribution is -2.55. The van der Waals surface area contributed by atoms with Crippen LogP contribution in [0.2, 0.25) is 0 Å². The van der Waals surface area contributed by atoms with Gasteiger partial charge in [0.1, 0.15) is 12.7 Å². The van der Waals surface area contributed by atoms with Gasteiger partial charge in [-0.25, -0.2) is 4.98 Å². The molecule has 3 aliphatic rings. The van der Waals surface area contributed by atoms with Crippen molar-refractivity contribution in [2.45, 2.75) is 38.4 Å². The molecule has 3 aliphatic heterocycles. The summed E-state index contributed by atoms with van der Waals surface area (Å²) < 4.78 is 12.6. The zero-order valence-corrected chi connectivity index (χ0v) is 17.9. The van der Waals surface area contributed by atoms with Crippen LogP contribution in [0.4, 0.5) is 0 Å². The van der Waals surface area contributed by atoms with Gasteiger partial charge in [-0.05, 0) is 30.5 Å². The summed E-state index contributed by atoms with van der Waals surface area (Å²) in [5.74, 6) is 1.92. The molecular weight excluding hydrogens is 396 g/mol. The minimum absolute atomic E-state index is 0.224. The number of fused-ring (bicyclic) bond motifs is 1. The summed E-state index contributed by atoms with van der Waals surface area (Å²) in [4.78, 5) is 23.7. The van der Waals surface area contributed by atoms with E-state index in [4.69, 9.17) is 9.47 Å². The average Bonchev–Trinajstić information content (AvgIpc) is 3.50. The minimum atomic E-state index is 0.224. The fraction of sp³-hybridized carbons (Fsp3) is 0.591. The van der Waals surface area contributed by atoms with Crippen LogP contribution < -0.4 is 9.47 Å². The summed E-state index contributed by atoms with van der Waals surface area (Å²) >= 11 is 0. The van der Waals surface area contributed by atoms with Gasteiger partial charge in [0.2, 0.25) is 12.7 Å². The van der Waals surface area contributed by atoms with E-state index in [0.717, 1.165) is 63.7 Å². The fourth-order valence-corrected chi connectivity index (χ4v) is 4.78. The van der Waals surface area contributed by atoms with Gasteiger partial charge in [0, 0.05) is 58.3 Å². The SMILES string of the molecule is O=C(CCn1cncn1)N1CCC[C@H](N2CCN(Cc3ccc4c(c3)OCO4)CC2)C1. The van der Waals surface area contributed by atoms with E-state index >= 15 is 0 Å². The third-order valence-electron chi connectivity index (χ3n) is 6.54. The fourth-order valence-electron chi connectivity index (χ4n) is 4.78.